The van der Waals surface area contributed by atoms with Crippen molar-refractivity contribution in [2.24, 2.45) is 0 Å². The van der Waals surface area contributed by atoms with Gasteiger partial charge < -0.3 is 4.40 Å². The van der Waals surface area contributed by atoms with Crippen molar-refractivity contribution in [2.45, 2.75) is 19.8 Å². The van der Waals surface area contributed by atoms with E-state index >= 15 is 0 Å². The molecule has 3 heteroatoms. The molecule has 2 rings (SSSR count). The van der Waals surface area contributed by atoms with Gasteiger partial charge in [-0.05, 0) is 18.6 Å². The van der Waals surface area contributed by atoms with E-state index in [9.17, 15) is 0 Å². The number of halogens is 1. The van der Waals surface area contributed by atoms with Crippen molar-refractivity contribution in [1.82, 2.24) is 9.38 Å². The van der Waals surface area contributed by atoms with Crippen LogP contribution in [0.15, 0.2) is 24.5 Å². The smallest absolute Gasteiger partial charge is 0.113 e. The third-order valence-corrected chi connectivity index (χ3v) is 2.27. The second-order valence-corrected chi connectivity index (χ2v) is 3.50. The number of rotatable bonds is 2. The lowest BCUT2D eigenvalue weighted by Gasteiger charge is -1.99. The summed E-state index contributed by atoms with van der Waals surface area (Å²) >= 11 is 5.90. The van der Waals surface area contributed by atoms with Crippen molar-refractivity contribution in [3.05, 3.63) is 35.4 Å². The van der Waals surface area contributed by atoms with Gasteiger partial charge in [-0.15, -0.1) is 0 Å². The molecule has 2 aromatic rings. The molecule has 0 fully saturated rings. The molecule has 13 heavy (non-hydrogen) atoms. The van der Waals surface area contributed by atoms with Gasteiger partial charge in [0.15, 0.2) is 0 Å². The number of hydrogen-bond donors (Lipinski definition) is 0. The van der Waals surface area contributed by atoms with Gasteiger partial charge in [0.05, 0.1) is 16.7 Å². The third kappa shape index (κ3) is 1.54. The van der Waals surface area contributed by atoms with E-state index in [1.165, 1.54) is 0 Å². The highest BCUT2D eigenvalue weighted by Crippen LogP contribution is 2.13. The van der Waals surface area contributed by atoms with Gasteiger partial charge in [-0.1, -0.05) is 18.5 Å². The summed E-state index contributed by atoms with van der Waals surface area (Å²) in [6, 6.07) is 3.86. The number of aromatic nitrogens is 2. The summed E-state index contributed by atoms with van der Waals surface area (Å²) in [5.41, 5.74) is 1.10. The molecule has 2 nitrogen and oxygen atoms in total. The first kappa shape index (κ1) is 8.57. The Hall–Kier alpha value is -1.02. The monoisotopic (exact) mass is 194 g/mol. The Labute approximate surface area is 82.2 Å². The molecule has 0 saturated carbocycles. The molecule has 0 N–H and O–H groups in total. The zero-order chi connectivity index (χ0) is 9.26. The Morgan fingerprint density at radius 3 is 3.08 bits per heavy atom. The zero-order valence-electron chi connectivity index (χ0n) is 7.50. The first-order valence-corrected chi connectivity index (χ1v) is 4.80. The van der Waals surface area contributed by atoms with Crippen LogP contribution in [0.3, 0.4) is 0 Å². The van der Waals surface area contributed by atoms with Gasteiger partial charge in [-0.3, -0.25) is 0 Å². The molecule has 0 unspecified atom stereocenters. The minimum atomic E-state index is 0.753. The van der Waals surface area contributed by atoms with Crippen molar-refractivity contribution in [2.75, 3.05) is 0 Å². The second-order valence-electron chi connectivity index (χ2n) is 3.07. The Balaban J connectivity index is 2.58. The lowest BCUT2D eigenvalue weighted by molar-refractivity contribution is 0.831. The predicted octanol–water partition coefficient (Wildman–Crippen LogP) is 2.94. The van der Waals surface area contributed by atoms with E-state index in [-0.39, 0.29) is 0 Å². The van der Waals surface area contributed by atoms with Crippen molar-refractivity contribution in [3.8, 4) is 0 Å². The molecule has 0 atom stereocenters. The highest BCUT2D eigenvalue weighted by molar-refractivity contribution is 6.30. The van der Waals surface area contributed by atoms with Crippen LogP contribution in [0.2, 0.25) is 5.02 Å². The standard InChI is InChI=1S/C10H11ClN2/c1-2-3-10-12-6-9-5-4-8(11)7-13(9)10/h4-7H,2-3H2,1H3. The van der Waals surface area contributed by atoms with E-state index in [0.717, 1.165) is 29.2 Å². The number of nitrogens with zero attached hydrogens (tertiary/aromatic N) is 2. The van der Waals surface area contributed by atoms with Crippen LogP contribution in [0.4, 0.5) is 0 Å². The second kappa shape index (κ2) is 3.38. The van der Waals surface area contributed by atoms with E-state index in [1.807, 2.05) is 28.9 Å². The molecule has 0 aromatic carbocycles. The van der Waals surface area contributed by atoms with Gasteiger partial charge in [0.1, 0.15) is 5.82 Å². The zero-order valence-corrected chi connectivity index (χ0v) is 8.25. The lowest BCUT2D eigenvalue weighted by Crippen LogP contribution is -1.93. The highest BCUT2D eigenvalue weighted by Gasteiger charge is 2.01. The molecular formula is C10H11ClN2. The van der Waals surface area contributed by atoms with E-state index in [0.29, 0.717) is 0 Å². The SMILES string of the molecule is CCCc1ncc2ccc(Cl)cn12. The molecule has 0 aliphatic carbocycles. The molecule has 2 heterocycles. The van der Waals surface area contributed by atoms with Gasteiger partial charge in [-0.25, -0.2) is 4.98 Å². The highest BCUT2D eigenvalue weighted by atomic mass is 35.5. The van der Waals surface area contributed by atoms with Crippen molar-refractivity contribution < 1.29 is 0 Å². The van der Waals surface area contributed by atoms with Gasteiger partial charge in [-0.2, -0.15) is 0 Å². The van der Waals surface area contributed by atoms with Crippen LogP contribution >= 0.6 is 11.6 Å². The Bertz CT molecular complexity index is 420. The topological polar surface area (TPSA) is 17.3 Å². The first-order valence-electron chi connectivity index (χ1n) is 4.42. The van der Waals surface area contributed by atoms with E-state index in [1.54, 1.807) is 0 Å². The van der Waals surface area contributed by atoms with Crippen LogP contribution in [-0.4, -0.2) is 9.38 Å². The lowest BCUT2D eigenvalue weighted by atomic mass is 10.3. The summed E-state index contributed by atoms with van der Waals surface area (Å²) in [5.74, 6) is 1.08. The Kier molecular flexibility index (Phi) is 2.23. The minimum absolute atomic E-state index is 0.753. The average molecular weight is 195 g/mol. The summed E-state index contributed by atoms with van der Waals surface area (Å²) in [6.45, 7) is 2.14. The number of aryl methyl sites for hydroxylation is 1. The summed E-state index contributed by atoms with van der Waals surface area (Å²) in [4.78, 5) is 4.33. The van der Waals surface area contributed by atoms with Crippen LogP contribution in [0.5, 0.6) is 0 Å². The van der Waals surface area contributed by atoms with Gasteiger partial charge >= 0.3 is 0 Å². The Morgan fingerprint density at radius 1 is 1.46 bits per heavy atom. The summed E-state index contributed by atoms with van der Waals surface area (Å²) in [5, 5.41) is 0.753. The fourth-order valence-electron chi connectivity index (χ4n) is 1.43. The number of pyridine rings is 1. The predicted molar refractivity (Wildman–Crippen MR) is 54.2 cm³/mol. The van der Waals surface area contributed by atoms with Gasteiger partial charge in [0.25, 0.3) is 0 Å². The van der Waals surface area contributed by atoms with Crippen LogP contribution in [0.25, 0.3) is 5.52 Å². The Morgan fingerprint density at radius 2 is 2.31 bits per heavy atom. The molecule has 0 saturated heterocycles. The largest absolute Gasteiger partial charge is 0.302 e. The van der Waals surface area contributed by atoms with Crippen LogP contribution in [-0.2, 0) is 6.42 Å². The summed E-state index contributed by atoms with van der Waals surface area (Å²) in [7, 11) is 0. The van der Waals surface area contributed by atoms with Crippen molar-refractivity contribution >= 4 is 17.1 Å². The molecule has 0 aliphatic rings. The maximum atomic E-state index is 5.90. The molecule has 2 aromatic heterocycles. The van der Waals surface area contributed by atoms with E-state index in [2.05, 4.69) is 11.9 Å². The fourth-order valence-corrected chi connectivity index (χ4v) is 1.59. The molecular weight excluding hydrogens is 184 g/mol. The summed E-state index contributed by atoms with van der Waals surface area (Å²) < 4.78 is 2.05. The van der Waals surface area contributed by atoms with Gasteiger partial charge in [0.2, 0.25) is 0 Å². The normalized spacial score (nSPS) is 10.9. The van der Waals surface area contributed by atoms with Crippen LogP contribution < -0.4 is 0 Å². The molecule has 68 valence electrons. The third-order valence-electron chi connectivity index (χ3n) is 2.04. The van der Waals surface area contributed by atoms with Crippen molar-refractivity contribution in [3.63, 3.8) is 0 Å². The average Bonchev–Trinajstić information content (AvgIpc) is 2.49. The van der Waals surface area contributed by atoms with Crippen molar-refractivity contribution in [1.29, 1.82) is 0 Å². The fraction of sp³-hybridized carbons (Fsp3) is 0.300. The molecule has 0 amide bonds. The molecule has 0 bridgehead atoms. The maximum absolute atomic E-state index is 5.90. The van der Waals surface area contributed by atoms with E-state index in [4.69, 9.17) is 11.6 Å². The van der Waals surface area contributed by atoms with Crippen LogP contribution in [0, 0.1) is 0 Å². The quantitative estimate of drug-likeness (QED) is 0.719. The molecule has 0 radical (unpaired) electrons. The minimum Gasteiger partial charge on any atom is -0.302 e. The number of imidazole rings is 1. The number of fused-ring (bicyclic) bond motifs is 1. The van der Waals surface area contributed by atoms with Gasteiger partial charge in [0, 0.05) is 12.6 Å². The maximum Gasteiger partial charge on any atom is 0.113 e. The van der Waals surface area contributed by atoms with Crippen LogP contribution in [0.1, 0.15) is 19.2 Å². The first-order chi connectivity index (χ1) is 6.31. The summed E-state index contributed by atoms with van der Waals surface area (Å²) in [6.07, 6.45) is 5.89. The molecule has 0 spiro atoms. The van der Waals surface area contributed by atoms with E-state index < -0.39 is 0 Å². The molecule has 0 aliphatic heterocycles. The number of hydrogen-bond acceptors (Lipinski definition) is 1.